The van der Waals surface area contributed by atoms with E-state index in [2.05, 4.69) is 10.2 Å². The van der Waals surface area contributed by atoms with E-state index in [1.54, 1.807) is 11.5 Å². The minimum absolute atomic E-state index is 0.172. The number of carboxylic acids is 1. The van der Waals surface area contributed by atoms with Crippen molar-refractivity contribution in [2.75, 3.05) is 5.75 Å². The number of thioether (sulfide) groups is 1. The Morgan fingerprint density at radius 1 is 1.29 bits per heavy atom. The number of aromatic nitrogens is 3. The molecule has 0 aliphatic carbocycles. The number of aryl methyl sites for hydroxylation is 2. The van der Waals surface area contributed by atoms with Crippen molar-refractivity contribution >= 4 is 23.6 Å². The summed E-state index contributed by atoms with van der Waals surface area (Å²) in [5, 5.41) is 17.5. The number of fused-ring (bicyclic) bond motifs is 1. The maximum absolute atomic E-state index is 12.6. The summed E-state index contributed by atoms with van der Waals surface area (Å²) >= 11 is 1.42. The van der Waals surface area contributed by atoms with Crippen LogP contribution in [0.25, 0.3) is 0 Å². The van der Waals surface area contributed by atoms with E-state index in [0.717, 1.165) is 10.5 Å². The second kappa shape index (κ2) is 6.64. The van der Waals surface area contributed by atoms with Crippen molar-refractivity contribution in [2.24, 2.45) is 0 Å². The van der Waals surface area contributed by atoms with Crippen molar-refractivity contribution in [3.8, 4) is 0 Å². The molecular weight excluding hydrogens is 328 g/mol. The van der Waals surface area contributed by atoms with Gasteiger partial charge in [0.15, 0.2) is 5.82 Å². The van der Waals surface area contributed by atoms with Crippen molar-refractivity contribution in [1.29, 1.82) is 0 Å². The molecule has 1 unspecified atom stereocenters. The third-order valence-corrected chi connectivity index (χ3v) is 5.27. The van der Waals surface area contributed by atoms with Crippen LogP contribution >= 0.6 is 11.8 Å². The highest BCUT2D eigenvalue weighted by Crippen LogP contribution is 2.24. The van der Waals surface area contributed by atoms with Gasteiger partial charge < -0.3 is 14.6 Å². The number of rotatable bonds is 4. The Bertz CT molecular complexity index is 789. The zero-order valence-corrected chi connectivity index (χ0v) is 14.3. The predicted molar refractivity (Wildman–Crippen MR) is 88.6 cm³/mol. The van der Waals surface area contributed by atoms with Gasteiger partial charge in [-0.25, -0.2) is 4.79 Å². The Balaban J connectivity index is 1.75. The van der Waals surface area contributed by atoms with Crippen molar-refractivity contribution in [3.05, 3.63) is 41.5 Å². The largest absolute Gasteiger partial charge is 0.480 e. The maximum atomic E-state index is 12.6. The summed E-state index contributed by atoms with van der Waals surface area (Å²) in [7, 11) is 0. The highest BCUT2D eigenvalue weighted by molar-refractivity contribution is 8.00. The molecule has 2 aromatic rings. The van der Waals surface area contributed by atoms with Crippen LogP contribution in [0, 0.1) is 13.8 Å². The lowest BCUT2D eigenvalue weighted by Crippen LogP contribution is -2.51. The molecule has 0 bridgehead atoms. The van der Waals surface area contributed by atoms with Crippen LogP contribution in [0.3, 0.4) is 0 Å². The first-order chi connectivity index (χ1) is 11.5. The number of carbonyl (C=O) groups excluding carboxylic acids is 1. The van der Waals surface area contributed by atoms with Crippen LogP contribution in [0.2, 0.25) is 0 Å². The van der Waals surface area contributed by atoms with Crippen molar-refractivity contribution in [1.82, 2.24) is 19.7 Å². The molecule has 0 radical (unpaired) electrons. The van der Waals surface area contributed by atoms with Gasteiger partial charge in [0, 0.05) is 4.90 Å². The minimum atomic E-state index is -1.01. The topological polar surface area (TPSA) is 88.3 Å². The number of carbonyl (C=O) groups is 2. The molecule has 1 atom stereocenters. The average molecular weight is 346 g/mol. The van der Waals surface area contributed by atoms with Gasteiger partial charge in [0.05, 0.1) is 18.8 Å². The summed E-state index contributed by atoms with van der Waals surface area (Å²) in [5.41, 5.74) is 1.10. The number of nitrogens with zero attached hydrogens (tertiary/aromatic N) is 4. The van der Waals surface area contributed by atoms with E-state index in [1.807, 2.05) is 31.2 Å². The lowest BCUT2D eigenvalue weighted by Gasteiger charge is -2.33. The van der Waals surface area contributed by atoms with Gasteiger partial charge in [0.1, 0.15) is 11.9 Å². The summed E-state index contributed by atoms with van der Waals surface area (Å²) in [5.74, 6) is 0.268. The van der Waals surface area contributed by atoms with E-state index >= 15 is 0 Å². The number of benzene rings is 1. The molecule has 1 aromatic carbocycles. The van der Waals surface area contributed by atoms with Gasteiger partial charge in [0.2, 0.25) is 5.91 Å². The van der Waals surface area contributed by atoms with Crippen LogP contribution in [-0.2, 0) is 22.7 Å². The van der Waals surface area contributed by atoms with Crippen molar-refractivity contribution < 1.29 is 14.7 Å². The molecule has 1 amide bonds. The molecule has 7 nitrogen and oxygen atoms in total. The van der Waals surface area contributed by atoms with Gasteiger partial charge >= 0.3 is 5.97 Å². The first-order valence-corrected chi connectivity index (χ1v) is 8.55. The van der Waals surface area contributed by atoms with Crippen LogP contribution in [0.4, 0.5) is 0 Å². The number of hydrogen-bond donors (Lipinski definition) is 1. The molecule has 2 heterocycles. The Morgan fingerprint density at radius 3 is 2.75 bits per heavy atom. The predicted octanol–water partition coefficient (Wildman–Crippen LogP) is 1.48. The summed E-state index contributed by atoms with van der Waals surface area (Å²) in [6.45, 7) is 4.12. The second-order valence-electron chi connectivity index (χ2n) is 5.70. The van der Waals surface area contributed by atoms with Gasteiger partial charge in [-0.15, -0.1) is 22.0 Å². The number of amides is 1. The fourth-order valence-electron chi connectivity index (χ4n) is 2.73. The molecule has 8 heteroatoms. The molecule has 126 valence electrons. The van der Waals surface area contributed by atoms with Crippen LogP contribution in [0.15, 0.2) is 29.2 Å². The van der Waals surface area contributed by atoms with Crippen molar-refractivity contribution in [2.45, 2.75) is 37.9 Å². The minimum Gasteiger partial charge on any atom is -0.480 e. The Hall–Kier alpha value is -2.35. The van der Waals surface area contributed by atoms with E-state index in [4.69, 9.17) is 0 Å². The SMILES string of the molecule is Cc1ccccc1SCC(=O)N1Cc2nnc(C)n2CC1C(=O)O. The first-order valence-electron chi connectivity index (χ1n) is 7.56. The molecule has 1 N–H and O–H groups in total. The second-order valence-corrected chi connectivity index (χ2v) is 6.72. The molecule has 0 fully saturated rings. The lowest BCUT2D eigenvalue weighted by atomic mass is 10.2. The number of hydrogen-bond acceptors (Lipinski definition) is 5. The highest BCUT2D eigenvalue weighted by atomic mass is 32.2. The Morgan fingerprint density at radius 2 is 2.04 bits per heavy atom. The van der Waals surface area contributed by atoms with Crippen molar-refractivity contribution in [3.63, 3.8) is 0 Å². The van der Waals surface area contributed by atoms with E-state index < -0.39 is 12.0 Å². The normalized spacial score (nSPS) is 16.8. The molecule has 1 aliphatic rings. The molecule has 0 saturated heterocycles. The highest BCUT2D eigenvalue weighted by Gasteiger charge is 2.36. The molecule has 3 rings (SSSR count). The number of carboxylic acid groups (broad SMARTS) is 1. The lowest BCUT2D eigenvalue weighted by molar-refractivity contribution is -0.151. The molecule has 0 saturated carbocycles. The van der Waals surface area contributed by atoms with Crippen LogP contribution in [-0.4, -0.2) is 48.4 Å². The van der Waals surface area contributed by atoms with E-state index in [-0.39, 0.29) is 24.7 Å². The van der Waals surface area contributed by atoms with Gasteiger partial charge in [-0.1, -0.05) is 18.2 Å². The first kappa shape index (κ1) is 16.5. The number of aliphatic carboxylic acids is 1. The quantitative estimate of drug-likeness (QED) is 0.844. The average Bonchev–Trinajstić information content (AvgIpc) is 2.93. The molecular formula is C16H18N4O3S. The summed E-state index contributed by atoms with van der Waals surface area (Å²) < 4.78 is 1.76. The summed E-state index contributed by atoms with van der Waals surface area (Å²) in [6.07, 6.45) is 0. The van der Waals surface area contributed by atoms with Gasteiger partial charge in [-0.3, -0.25) is 4.79 Å². The molecule has 0 spiro atoms. The van der Waals surface area contributed by atoms with E-state index in [9.17, 15) is 14.7 Å². The summed E-state index contributed by atoms with van der Waals surface area (Å²) in [4.78, 5) is 26.6. The zero-order valence-electron chi connectivity index (χ0n) is 13.5. The van der Waals surface area contributed by atoms with Crippen LogP contribution < -0.4 is 0 Å². The molecule has 1 aliphatic heterocycles. The third kappa shape index (κ3) is 3.14. The van der Waals surface area contributed by atoms with Crippen LogP contribution in [0.5, 0.6) is 0 Å². The third-order valence-electron chi connectivity index (χ3n) is 4.11. The fraction of sp³-hybridized carbons (Fsp3) is 0.375. The standard InChI is InChI=1S/C16H18N4O3S/c1-10-5-3-4-6-13(10)24-9-15(21)20-8-14-18-17-11(2)19(14)7-12(20)16(22)23/h3-6,12H,7-9H2,1-2H3,(H,22,23). The van der Waals surface area contributed by atoms with Gasteiger partial charge in [-0.05, 0) is 25.5 Å². The smallest absolute Gasteiger partial charge is 0.328 e. The Labute approximate surface area is 143 Å². The maximum Gasteiger partial charge on any atom is 0.328 e. The van der Waals surface area contributed by atoms with E-state index in [1.165, 1.54) is 16.7 Å². The zero-order chi connectivity index (χ0) is 17.3. The molecule has 24 heavy (non-hydrogen) atoms. The Kier molecular flexibility index (Phi) is 4.57. The summed E-state index contributed by atoms with van der Waals surface area (Å²) in [6, 6.07) is 6.92. The molecule has 1 aromatic heterocycles. The fourth-order valence-corrected chi connectivity index (χ4v) is 3.64. The van der Waals surface area contributed by atoms with E-state index in [0.29, 0.717) is 11.6 Å². The monoisotopic (exact) mass is 346 g/mol. The van der Waals surface area contributed by atoms with Gasteiger partial charge in [0.25, 0.3) is 0 Å². The van der Waals surface area contributed by atoms with Crippen LogP contribution in [0.1, 0.15) is 17.2 Å². The van der Waals surface area contributed by atoms with Gasteiger partial charge in [-0.2, -0.15) is 0 Å².